The minimum atomic E-state index is 0.240. The van der Waals surface area contributed by atoms with Gasteiger partial charge >= 0.3 is 0 Å². The molecule has 0 bridgehead atoms. The predicted molar refractivity (Wildman–Crippen MR) is 74.9 cm³/mol. The van der Waals surface area contributed by atoms with Gasteiger partial charge in [0.1, 0.15) is 5.75 Å². The summed E-state index contributed by atoms with van der Waals surface area (Å²) in [7, 11) is 0. The molecule has 2 unspecified atom stereocenters. The minimum Gasteiger partial charge on any atom is -0.491 e. The Labute approximate surface area is 108 Å². The Morgan fingerprint density at radius 1 is 1.24 bits per heavy atom. The molecule has 0 radical (unpaired) electrons. The van der Waals surface area contributed by atoms with E-state index in [0.717, 1.165) is 11.5 Å². The van der Waals surface area contributed by atoms with Crippen molar-refractivity contribution in [3.63, 3.8) is 0 Å². The van der Waals surface area contributed by atoms with Crippen LogP contribution in [0.5, 0.6) is 5.75 Å². The Kier molecular flexibility index (Phi) is 4.35. The smallest absolute Gasteiger partial charge is 0.119 e. The lowest BCUT2D eigenvalue weighted by Gasteiger charge is -2.28. The number of thioether (sulfide) groups is 1. The minimum absolute atomic E-state index is 0.240. The van der Waals surface area contributed by atoms with Crippen LogP contribution in [0.3, 0.4) is 0 Å². The summed E-state index contributed by atoms with van der Waals surface area (Å²) in [5, 5.41) is 3.63. The maximum atomic E-state index is 5.65. The van der Waals surface area contributed by atoms with Crippen LogP contribution in [0.25, 0.3) is 0 Å². The Morgan fingerprint density at radius 3 is 2.53 bits per heavy atom. The molecule has 1 N–H and O–H groups in total. The predicted octanol–water partition coefficient (Wildman–Crippen LogP) is 3.24. The van der Waals surface area contributed by atoms with Gasteiger partial charge in [0.05, 0.1) is 6.10 Å². The molecule has 0 aromatic heterocycles. The molecule has 0 saturated carbocycles. The Balaban J connectivity index is 2.01. The highest BCUT2D eigenvalue weighted by molar-refractivity contribution is 7.99. The lowest BCUT2D eigenvalue weighted by molar-refractivity contribution is 0.242. The molecule has 1 aliphatic heterocycles. The largest absolute Gasteiger partial charge is 0.491 e. The zero-order valence-electron chi connectivity index (χ0n) is 10.8. The number of hydrogen-bond acceptors (Lipinski definition) is 3. The summed E-state index contributed by atoms with van der Waals surface area (Å²) in [5.74, 6) is 3.33. The summed E-state index contributed by atoms with van der Waals surface area (Å²) in [4.78, 5) is 0. The molecule has 1 aromatic carbocycles. The molecule has 1 aromatic rings. The van der Waals surface area contributed by atoms with Gasteiger partial charge in [-0.3, -0.25) is 0 Å². The first-order chi connectivity index (χ1) is 8.15. The summed E-state index contributed by atoms with van der Waals surface area (Å²) < 4.78 is 5.65. The summed E-state index contributed by atoms with van der Waals surface area (Å²) in [5.41, 5.74) is 1.36. The number of rotatable bonds is 3. The van der Waals surface area contributed by atoms with Crippen molar-refractivity contribution in [3.8, 4) is 5.75 Å². The van der Waals surface area contributed by atoms with Crippen LogP contribution in [0.4, 0.5) is 0 Å². The van der Waals surface area contributed by atoms with Crippen molar-refractivity contribution in [2.45, 2.75) is 39.0 Å². The summed E-state index contributed by atoms with van der Waals surface area (Å²) in [6, 6.07) is 9.58. The molecule has 2 rings (SSSR count). The van der Waals surface area contributed by atoms with Crippen LogP contribution in [0.1, 0.15) is 32.4 Å². The molecule has 0 spiro atoms. The highest BCUT2D eigenvalue weighted by Gasteiger charge is 2.19. The van der Waals surface area contributed by atoms with Gasteiger partial charge in [0.15, 0.2) is 0 Å². The van der Waals surface area contributed by atoms with Crippen LogP contribution in [-0.4, -0.2) is 23.7 Å². The molecule has 1 fully saturated rings. The average molecular weight is 251 g/mol. The highest BCUT2D eigenvalue weighted by Crippen LogP contribution is 2.25. The number of hydrogen-bond donors (Lipinski definition) is 1. The molecular weight excluding hydrogens is 230 g/mol. The van der Waals surface area contributed by atoms with E-state index in [1.807, 2.05) is 11.8 Å². The molecule has 3 heteroatoms. The first-order valence-electron chi connectivity index (χ1n) is 6.25. The Bertz CT molecular complexity index is 350. The molecular formula is C14H21NOS. The second-order valence-corrected chi connectivity index (χ2v) is 5.97. The van der Waals surface area contributed by atoms with E-state index in [1.165, 1.54) is 11.3 Å². The number of ether oxygens (including phenoxy) is 1. The van der Waals surface area contributed by atoms with Crippen molar-refractivity contribution < 1.29 is 4.74 Å². The van der Waals surface area contributed by atoms with E-state index in [-0.39, 0.29) is 6.10 Å². The molecule has 1 saturated heterocycles. The second kappa shape index (κ2) is 5.78. The fourth-order valence-electron chi connectivity index (χ4n) is 2.05. The van der Waals surface area contributed by atoms with E-state index in [0.29, 0.717) is 12.1 Å². The van der Waals surface area contributed by atoms with Crippen molar-refractivity contribution in [2.24, 2.45) is 0 Å². The third kappa shape index (κ3) is 3.65. The molecule has 1 heterocycles. The maximum Gasteiger partial charge on any atom is 0.119 e. The van der Waals surface area contributed by atoms with Crippen molar-refractivity contribution in [1.82, 2.24) is 5.32 Å². The molecule has 17 heavy (non-hydrogen) atoms. The van der Waals surface area contributed by atoms with Crippen molar-refractivity contribution in [2.75, 3.05) is 11.5 Å². The SMILES string of the molecule is CC1CSCC(c2ccc(OC(C)C)cc2)N1. The Morgan fingerprint density at radius 2 is 1.94 bits per heavy atom. The van der Waals surface area contributed by atoms with E-state index in [4.69, 9.17) is 4.74 Å². The molecule has 94 valence electrons. The monoisotopic (exact) mass is 251 g/mol. The lowest BCUT2D eigenvalue weighted by Crippen LogP contribution is -2.37. The van der Waals surface area contributed by atoms with Gasteiger partial charge < -0.3 is 10.1 Å². The number of nitrogens with one attached hydrogen (secondary N) is 1. The Hall–Kier alpha value is -0.670. The zero-order valence-corrected chi connectivity index (χ0v) is 11.6. The highest BCUT2D eigenvalue weighted by atomic mass is 32.2. The fourth-order valence-corrected chi connectivity index (χ4v) is 3.16. The van der Waals surface area contributed by atoms with Crippen LogP contribution in [0.15, 0.2) is 24.3 Å². The van der Waals surface area contributed by atoms with Crippen molar-refractivity contribution >= 4 is 11.8 Å². The van der Waals surface area contributed by atoms with E-state index in [9.17, 15) is 0 Å². The molecule has 2 atom stereocenters. The van der Waals surface area contributed by atoms with Crippen molar-refractivity contribution in [3.05, 3.63) is 29.8 Å². The molecule has 0 amide bonds. The second-order valence-electron chi connectivity index (χ2n) is 4.89. The number of benzene rings is 1. The quantitative estimate of drug-likeness (QED) is 0.891. The summed E-state index contributed by atoms with van der Waals surface area (Å²) >= 11 is 2.03. The first kappa shape index (κ1) is 12.8. The molecule has 2 nitrogen and oxygen atoms in total. The van der Waals surface area contributed by atoms with Gasteiger partial charge in [-0.15, -0.1) is 0 Å². The standard InChI is InChI=1S/C14H21NOS/c1-10(2)16-13-6-4-12(5-7-13)14-9-17-8-11(3)15-14/h4-7,10-11,14-15H,8-9H2,1-3H3. The summed E-state index contributed by atoms with van der Waals surface area (Å²) in [6.07, 6.45) is 0.240. The third-order valence-electron chi connectivity index (χ3n) is 2.79. The van der Waals surface area contributed by atoms with Gasteiger partial charge in [0.2, 0.25) is 0 Å². The van der Waals surface area contributed by atoms with E-state index < -0.39 is 0 Å². The van der Waals surface area contributed by atoms with Crippen molar-refractivity contribution in [1.29, 1.82) is 0 Å². The van der Waals surface area contributed by atoms with Gasteiger partial charge in [0, 0.05) is 23.6 Å². The van der Waals surface area contributed by atoms with E-state index in [1.54, 1.807) is 0 Å². The lowest BCUT2D eigenvalue weighted by atomic mass is 10.1. The fraction of sp³-hybridized carbons (Fsp3) is 0.571. The molecule has 1 aliphatic rings. The first-order valence-corrected chi connectivity index (χ1v) is 7.41. The zero-order chi connectivity index (χ0) is 12.3. The topological polar surface area (TPSA) is 21.3 Å². The van der Waals surface area contributed by atoms with Gasteiger partial charge in [0.25, 0.3) is 0 Å². The van der Waals surface area contributed by atoms with Gasteiger partial charge in [-0.2, -0.15) is 11.8 Å². The molecule has 0 aliphatic carbocycles. The average Bonchev–Trinajstić information content (AvgIpc) is 2.29. The van der Waals surface area contributed by atoms with Crippen LogP contribution in [0, 0.1) is 0 Å². The van der Waals surface area contributed by atoms with Crippen LogP contribution in [0.2, 0.25) is 0 Å². The summed E-state index contributed by atoms with van der Waals surface area (Å²) in [6.45, 7) is 6.35. The van der Waals surface area contributed by atoms with E-state index in [2.05, 4.69) is 50.4 Å². The van der Waals surface area contributed by atoms with Gasteiger partial charge in [-0.25, -0.2) is 0 Å². The van der Waals surface area contributed by atoms with Gasteiger partial charge in [-0.05, 0) is 38.5 Å². The third-order valence-corrected chi connectivity index (χ3v) is 4.10. The van der Waals surface area contributed by atoms with Crippen LogP contribution in [-0.2, 0) is 0 Å². The van der Waals surface area contributed by atoms with E-state index >= 15 is 0 Å². The van der Waals surface area contributed by atoms with Crippen LogP contribution < -0.4 is 10.1 Å². The van der Waals surface area contributed by atoms with Crippen LogP contribution >= 0.6 is 11.8 Å². The maximum absolute atomic E-state index is 5.65. The normalized spacial score (nSPS) is 24.9. The van der Waals surface area contributed by atoms with Gasteiger partial charge in [-0.1, -0.05) is 12.1 Å².